The lowest BCUT2D eigenvalue weighted by atomic mass is 9.98. The molecule has 4 amide bonds. The van der Waals surface area contributed by atoms with Crippen molar-refractivity contribution in [2.75, 3.05) is 25.5 Å². The van der Waals surface area contributed by atoms with Crippen molar-refractivity contribution in [1.29, 1.82) is 0 Å². The lowest BCUT2D eigenvalue weighted by Crippen LogP contribution is -2.38. The van der Waals surface area contributed by atoms with Crippen LogP contribution in [0.4, 0.5) is 10.5 Å². The zero-order chi connectivity index (χ0) is 16.4. The molecule has 2 rings (SSSR count). The molecular formula is C16H21N3O3. The molecule has 0 spiro atoms. The summed E-state index contributed by atoms with van der Waals surface area (Å²) in [6.45, 7) is 5.78. The second-order valence-electron chi connectivity index (χ2n) is 5.86. The molecule has 1 aromatic rings. The smallest absolute Gasteiger partial charge is 0.324 e. The van der Waals surface area contributed by atoms with Gasteiger partial charge >= 0.3 is 6.03 Å². The summed E-state index contributed by atoms with van der Waals surface area (Å²) in [5, 5.41) is 2.84. The maximum Gasteiger partial charge on any atom is 0.327 e. The van der Waals surface area contributed by atoms with Crippen LogP contribution in [0, 0.1) is 6.92 Å². The fraction of sp³-hybridized carbons (Fsp3) is 0.438. The number of nitrogens with zero attached hydrogens (tertiary/aromatic N) is 2. The van der Waals surface area contributed by atoms with Crippen molar-refractivity contribution in [2.24, 2.45) is 0 Å². The van der Waals surface area contributed by atoms with Crippen LogP contribution in [0.2, 0.25) is 0 Å². The van der Waals surface area contributed by atoms with Crippen molar-refractivity contribution in [3.63, 3.8) is 0 Å². The average molecular weight is 303 g/mol. The van der Waals surface area contributed by atoms with Gasteiger partial charge < -0.3 is 10.2 Å². The highest BCUT2D eigenvalue weighted by molar-refractivity contribution is 6.06. The number of urea groups is 1. The summed E-state index contributed by atoms with van der Waals surface area (Å²) in [7, 11) is 1.54. The first-order valence-electron chi connectivity index (χ1n) is 7.26. The number of anilines is 1. The Morgan fingerprint density at radius 3 is 2.55 bits per heavy atom. The Balaban J connectivity index is 2.13. The number of nitrogens with one attached hydrogen (secondary N) is 1. The third kappa shape index (κ3) is 3.10. The van der Waals surface area contributed by atoms with Crippen LogP contribution in [-0.4, -0.2) is 47.8 Å². The van der Waals surface area contributed by atoms with Crippen LogP contribution in [-0.2, 0) is 9.59 Å². The minimum absolute atomic E-state index is 0.0215. The number of amides is 4. The Bertz CT molecular complexity index is 625. The van der Waals surface area contributed by atoms with Crippen molar-refractivity contribution < 1.29 is 14.4 Å². The van der Waals surface area contributed by atoms with E-state index in [-0.39, 0.29) is 30.8 Å². The van der Waals surface area contributed by atoms with Crippen molar-refractivity contribution in [3.8, 4) is 0 Å². The molecule has 1 aromatic carbocycles. The third-order valence-electron chi connectivity index (χ3n) is 3.72. The molecule has 0 aliphatic carbocycles. The minimum Gasteiger partial charge on any atom is -0.324 e. The second-order valence-corrected chi connectivity index (χ2v) is 5.86. The lowest BCUT2D eigenvalue weighted by Gasteiger charge is -2.18. The number of rotatable bonds is 4. The maximum atomic E-state index is 12.2. The summed E-state index contributed by atoms with van der Waals surface area (Å²) in [5.41, 5.74) is 2.75. The van der Waals surface area contributed by atoms with E-state index >= 15 is 0 Å². The zero-order valence-electron chi connectivity index (χ0n) is 13.3. The molecule has 0 bridgehead atoms. The lowest BCUT2D eigenvalue weighted by molar-refractivity contribution is -0.129. The Kier molecular flexibility index (Phi) is 4.49. The Labute approximate surface area is 130 Å². The maximum absolute atomic E-state index is 12.2. The summed E-state index contributed by atoms with van der Waals surface area (Å²) >= 11 is 0. The van der Waals surface area contributed by atoms with Crippen LogP contribution in [0.1, 0.15) is 30.9 Å². The molecule has 0 saturated carbocycles. The molecule has 0 unspecified atom stereocenters. The van der Waals surface area contributed by atoms with Gasteiger partial charge in [-0.05, 0) is 24.0 Å². The average Bonchev–Trinajstić information content (AvgIpc) is 2.67. The minimum atomic E-state index is -0.436. The largest absolute Gasteiger partial charge is 0.327 e. The van der Waals surface area contributed by atoms with Gasteiger partial charge in [-0.15, -0.1) is 0 Å². The third-order valence-corrected chi connectivity index (χ3v) is 3.72. The van der Waals surface area contributed by atoms with Crippen molar-refractivity contribution in [2.45, 2.75) is 26.7 Å². The van der Waals surface area contributed by atoms with Crippen LogP contribution in [0.25, 0.3) is 0 Å². The number of benzene rings is 1. The van der Waals surface area contributed by atoms with Gasteiger partial charge in [-0.1, -0.05) is 32.0 Å². The molecule has 1 aliphatic heterocycles. The molecule has 118 valence electrons. The van der Waals surface area contributed by atoms with E-state index in [9.17, 15) is 14.4 Å². The van der Waals surface area contributed by atoms with Crippen molar-refractivity contribution in [3.05, 3.63) is 29.3 Å². The number of hydrogen-bond donors (Lipinski definition) is 1. The topological polar surface area (TPSA) is 69.7 Å². The molecule has 1 fully saturated rings. The van der Waals surface area contributed by atoms with E-state index in [2.05, 4.69) is 5.32 Å². The quantitative estimate of drug-likeness (QED) is 0.864. The van der Waals surface area contributed by atoms with E-state index < -0.39 is 6.03 Å². The first-order valence-corrected chi connectivity index (χ1v) is 7.26. The molecule has 1 N–H and O–H groups in total. The van der Waals surface area contributed by atoms with Gasteiger partial charge in [-0.25, -0.2) is 4.79 Å². The van der Waals surface area contributed by atoms with Crippen molar-refractivity contribution in [1.82, 2.24) is 9.80 Å². The Hall–Kier alpha value is -2.37. The van der Waals surface area contributed by atoms with Crippen LogP contribution in [0.15, 0.2) is 18.2 Å². The van der Waals surface area contributed by atoms with Crippen LogP contribution >= 0.6 is 0 Å². The molecule has 0 aromatic heterocycles. The molecule has 22 heavy (non-hydrogen) atoms. The molecule has 6 heteroatoms. The van der Waals surface area contributed by atoms with Gasteiger partial charge in [-0.2, -0.15) is 0 Å². The van der Waals surface area contributed by atoms with Gasteiger partial charge in [-0.3, -0.25) is 14.5 Å². The van der Waals surface area contributed by atoms with Crippen LogP contribution in [0.5, 0.6) is 0 Å². The fourth-order valence-corrected chi connectivity index (χ4v) is 2.49. The predicted octanol–water partition coefficient (Wildman–Crippen LogP) is 1.95. The Morgan fingerprint density at radius 2 is 2.00 bits per heavy atom. The van der Waals surface area contributed by atoms with E-state index in [1.807, 2.05) is 39.0 Å². The fourth-order valence-electron chi connectivity index (χ4n) is 2.49. The molecule has 1 saturated heterocycles. The predicted molar refractivity (Wildman–Crippen MR) is 83.6 cm³/mol. The molecule has 0 radical (unpaired) electrons. The number of aryl methyl sites for hydroxylation is 1. The first kappa shape index (κ1) is 16.0. The summed E-state index contributed by atoms with van der Waals surface area (Å²) < 4.78 is 0. The molecule has 1 heterocycles. The monoisotopic (exact) mass is 303 g/mol. The van der Waals surface area contributed by atoms with E-state index in [0.717, 1.165) is 21.7 Å². The molecular weight excluding hydrogens is 282 g/mol. The number of carbonyl (C=O) groups is 3. The normalized spacial score (nSPS) is 15.0. The van der Waals surface area contributed by atoms with E-state index in [0.29, 0.717) is 0 Å². The van der Waals surface area contributed by atoms with Gasteiger partial charge in [0, 0.05) is 12.7 Å². The number of para-hydroxylation sites is 1. The van der Waals surface area contributed by atoms with E-state index in [1.165, 1.54) is 11.9 Å². The highest BCUT2D eigenvalue weighted by Crippen LogP contribution is 2.27. The van der Waals surface area contributed by atoms with Crippen molar-refractivity contribution >= 4 is 23.5 Å². The standard InChI is InChI=1S/C16H21N3O3/c1-10(2)12-7-5-6-11(3)15(12)17-13(20)8-19-14(21)9-18(4)16(19)22/h5-7,10H,8-9H2,1-4H3,(H,17,20). The summed E-state index contributed by atoms with van der Waals surface area (Å²) in [6.07, 6.45) is 0. The summed E-state index contributed by atoms with van der Waals surface area (Å²) in [5.74, 6) is -0.457. The van der Waals surface area contributed by atoms with Gasteiger partial charge in [0.15, 0.2) is 0 Å². The SMILES string of the molecule is Cc1cccc(C(C)C)c1NC(=O)CN1C(=O)CN(C)C1=O. The number of likely N-dealkylation sites (N-methyl/N-ethyl adjacent to an activating group) is 1. The van der Waals surface area contributed by atoms with Gasteiger partial charge in [0.25, 0.3) is 5.91 Å². The second kappa shape index (κ2) is 6.17. The highest BCUT2D eigenvalue weighted by Gasteiger charge is 2.34. The number of carbonyl (C=O) groups excluding carboxylic acids is 3. The highest BCUT2D eigenvalue weighted by atomic mass is 16.2. The summed E-state index contributed by atoms with van der Waals surface area (Å²) in [6, 6.07) is 5.39. The number of hydrogen-bond acceptors (Lipinski definition) is 3. The Morgan fingerprint density at radius 1 is 1.32 bits per heavy atom. The zero-order valence-corrected chi connectivity index (χ0v) is 13.3. The molecule has 6 nitrogen and oxygen atoms in total. The van der Waals surface area contributed by atoms with Gasteiger partial charge in [0.1, 0.15) is 13.1 Å². The van der Waals surface area contributed by atoms with E-state index in [1.54, 1.807) is 0 Å². The van der Waals surface area contributed by atoms with Gasteiger partial charge in [0.05, 0.1) is 0 Å². The van der Waals surface area contributed by atoms with Crippen LogP contribution < -0.4 is 5.32 Å². The van der Waals surface area contributed by atoms with Gasteiger partial charge in [0.2, 0.25) is 5.91 Å². The first-order chi connectivity index (χ1) is 10.3. The molecule has 1 aliphatic rings. The number of imide groups is 1. The molecule has 0 atom stereocenters. The van der Waals surface area contributed by atoms with Crippen LogP contribution in [0.3, 0.4) is 0 Å². The summed E-state index contributed by atoms with van der Waals surface area (Å²) in [4.78, 5) is 38.0. The van der Waals surface area contributed by atoms with E-state index in [4.69, 9.17) is 0 Å².